The molecule has 0 spiro atoms. The van der Waals surface area contributed by atoms with E-state index in [4.69, 9.17) is 11.6 Å². The topological polar surface area (TPSA) is 39.8 Å². The van der Waals surface area contributed by atoms with Gasteiger partial charge in [-0.05, 0) is 26.8 Å². The molecule has 0 aliphatic rings. The Hall–Kier alpha value is -1.55. The number of imidazole rings is 1. The van der Waals surface area contributed by atoms with Gasteiger partial charge in [0.2, 0.25) is 0 Å². The summed E-state index contributed by atoms with van der Waals surface area (Å²) < 4.78 is 4.16. The van der Waals surface area contributed by atoms with Gasteiger partial charge in [0.1, 0.15) is 0 Å². The number of carbonyl (C=O) groups excluding carboxylic acids is 1. The predicted molar refractivity (Wildman–Crippen MR) is 75.8 cm³/mol. The van der Waals surface area contributed by atoms with Crippen LogP contribution in [0.2, 0.25) is 0 Å². The van der Waals surface area contributed by atoms with Crippen LogP contribution in [-0.2, 0) is 13.1 Å². The molecule has 102 valence electrons. The van der Waals surface area contributed by atoms with Crippen molar-refractivity contribution in [2.75, 3.05) is 0 Å². The zero-order chi connectivity index (χ0) is 14.0. The number of aromatic nitrogens is 3. The molecule has 0 aliphatic heterocycles. The number of aryl methyl sites for hydroxylation is 2. The predicted octanol–water partition coefficient (Wildman–Crippen LogP) is 2.81. The summed E-state index contributed by atoms with van der Waals surface area (Å²) in [6.07, 6.45) is 5.49. The summed E-state index contributed by atoms with van der Waals surface area (Å²) in [5.74, 6) is -0.0105. The second-order valence-electron chi connectivity index (χ2n) is 4.72. The molecule has 2 heterocycles. The number of hydrogen-bond acceptors (Lipinski definition) is 2. The van der Waals surface area contributed by atoms with Crippen LogP contribution in [0, 0.1) is 13.8 Å². The summed E-state index contributed by atoms with van der Waals surface area (Å²) in [5.41, 5.74) is 2.79. The normalized spacial score (nSPS) is 12.6. The van der Waals surface area contributed by atoms with Crippen molar-refractivity contribution >= 4 is 17.4 Å². The first kappa shape index (κ1) is 13.9. The van der Waals surface area contributed by atoms with Gasteiger partial charge in [-0.2, -0.15) is 0 Å². The minimum absolute atomic E-state index is 0.0105. The molecule has 1 unspecified atom stereocenters. The minimum atomic E-state index is -0.484. The number of Topliss-reactive ketones (excluding diaryl/α,β-unsaturated/α-hetero) is 1. The lowest BCUT2D eigenvalue weighted by molar-refractivity contribution is 0.0991. The zero-order valence-corrected chi connectivity index (χ0v) is 12.2. The van der Waals surface area contributed by atoms with Crippen LogP contribution in [0.5, 0.6) is 0 Å². The first-order valence-electron chi connectivity index (χ1n) is 6.31. The van der Waals surface area contributed by atoms with Crippen molar-refractivity contribution in [2.24, 2.45) is 0 Å². The van der Waals surface area contributed by atoms with E-state index in [1.165, 1.54) is 0 Å². The second-order valence-corrected chi connectivity index (χ2v) is 5.37. The lowest BCUT2D eigenvalue weighted by Gasteiger charge is -2.10. The van der Waals surface area contributed by atoms with Gasteiger partial charge in [-0.3, -0.25) is 4.79 Å². The molecule has 2 rings (SSSR count). The van der Waals surface area contributed by atoms with Crippen molar-refractivity contribution in [3.05, 3.63) is 41.7 Å². The number of nitrogens with zero attached hydrogens (tertiary/aromatic N) is 3. The molecule has 0 aliphatic carbocycles. The number of carbonyl (C=O) groups is 1. The molecule has 0 saturated heterocycles. The smallest absolute Gasteiger partial charge is 0.182 e. The van der Waals surface area contributed by atoms with E-state index in [1.807, 2.05) is 30.7 Å². The summed E-state index contributed by atoms with van der Waals surface area (Å²) in [4.78, 5) is 16.0. The molecule has 0 saturated carbocycles. The van der Waals surface area contributed by atoms with E-state index in [0.29, 0.717) is 0 Å². The van der Waals surface area contributed by atoms with Crippen LogP contribution in [0.15, 0.2) is 24.8 Å². The van der Waals surface area contributed by atoms with Gasteiger partial charge in [0.25, 0.3) is 0 Å². The van der Waals surface area contributed by atoms with Crippen molar-refractivity contribution < 1.29 is 4.79 Å². The third-order valence-electron chi connectivity index (χ3n) is 3.34. The molecule has 0 amide bonds. The van der Waals surface area contributed by atoms with Gasteiger partial charge in [0.05, 0.1) is 11.7 Å². The average Bonchev–Trinajstić information content (AvgIpc) is 2.96. The standard InChI is InChI=1S/C14H18ClN3O/c1-10-8-13(14(19)11(2)15)12(3)18(10)7-6-17-5-4-16-9-17/h4-5,8-9,11H,6-7H2,1-3H3. The Morgan fingerprint density at radius 1 is 1.42 bits per heavy atom. The van der Waals surface area contributed by atoms with Crippen LogP contribution in [-0.4, -0.2) is 25.3 Å². The summed E-state index contributed by atoms with van der Waals surface area (Å²) in [5, 5.41) is -0.484. The Balaban J connectivity index is 2.19. The Bertz CT molecular complexity index is 570. The molecule has 4 nitrogen and oxygen atoms in total. The minimum Gasteiger partial charge on any atom is -0.347 e. The van der Waals surface area contributed by atoms with Crippen LogP contribution in [0.25, 0.3) is 0 Å². The van der Waals surface area contributed by atoms with E-state index in [1.54, 1.807) is 19.4 Å². The summed E-state index contributed by atoms with van der Waals surface area (Å²) >= 11 is 5.88. The second kappa shape index (κ2) is 5.61. The SMILES string of the molecule is Cc1cc(C(=O)C(C)Cl)c(C)n1CCn1ccnc1. The van der Waals surface area contributed by atoms with Crippen LogP contribution in [0.4, 0.5) is 0 Å². The van der Waals surface area contributed by atoms with Crippen molar-refractivity contribution in [1.82, 2.24) is 14.1 Å². The van der Waals surface area contributed by atoms with Crippen molar-refractivity contribution in [1.29, 1.82) is 0 Å². The highest BCUT2D eigenvalue weighted by Crippen LogP contribution is 2.18. The fourth-order valence-corrected chi connectivity index (χ4v) is 2.36. The fraction of sp³-hybridized carbons (Fsp3) is 0.429. The molecule has 2 aromatic heterocycles. The number of hydrogen-bond donors (Lipinski definition) is 0. The van der Waals surface area contributed by atoms with Crippen LogP contribution >= 0.6 is 11.6 Å². The molecule has 0 radical (unpaired) electrons. The van der Waals surface area contributed by atoms with E-state index >= 15 is 0 Å². The molecule has 0 bridgehead atoms. The number of ketones is 1. The van der Waals surface area contributed by atoms with E-state index in [0.717, 1.165) is 30.0 Å². The van der Waals surface area contributed by atoms with E-state index in [-0.39, 0.29) is 5.78 Å². The molecule has 1 atom stereocenters. The molecule has 5 heteroatoms. The number of halogens is 1. The van der Waals surface area contributed by atoms with Crippen LogP contribution in [0.3, 0.4) is 0 Å². The molecular weight excluding hydrogens is 262 g/mol. The van der Waals surface area contributed by atoms with Crippen molar-refractivity contribution in [3.8, 4) is 0 Å². The van der Waals surface area contributed by atoms with Crippen molar-refractivity contribution in [3.63, 3.8) is 0 Å². The van der Waals surface area contributed by atoms with Crippen LogP contribution < -0.4 is 0 Å². The maximum absolute atomic E-state index is 12.0. The average molecular weight is 280 g/mol. The Labute approximate surface area is 118 Å². The highest BCUT2D eigenvalue weighted by Gasteiger charge is 2.19. The fourth-order valence-electron chi connectivity index (χ4n) is 2.24. The van der Waals surface area contributed by atoms with Gasteiger partial charge in [0, 0.05) is 42.4 Å². The highest BCUT2D eigenvalue weighted by atomic mass is 35.5. The summed E-state index contributed by atoms with van der Waals surface area (Å²) in [6.45, 7) is 7.34. The molecule has 2 aromatic rings. The lowest BCUT2D eigenvalue weighted by Crippen LogP contribution is -2.13. The third kappa shape index (κ3) is 2.89. The first-order chi connectivity index (χ1) is 9.00. The molecule has 0 N–H and O–H groups in total. The van der Waals surface area contributed by atoms with Gasteiger partial charge < -0.3 is 9.13 Å². The van der Waals surface area contributed by atoms with E-state index in [9.17, 15) is 4.79 Å². The largest absolute Gasteiger partial charge is 0.347 e. The van der Waals surface area contributed by atoms with Gasteiger partial charge in [-0.25, -0.2) is 4.98 Å². The van der Waals surface area contributed by atoms with Gasteiger partial charge >= 0.3 is 0 Å². The molecule has 0 fully saturated rings. The maximum atomic E-state index is 12.0. The quantitative estimate of drug-likeness (QED) is 0.624. The molecule has 0 aromatic carbocycles. The zero-order valence-electron chi connectivity index (χ0n) is 11.4. The van der Waals surface area contributed by atoms with E-state index in [2.05, 4.69) is 9.55 Å². The Morgan fingerprint density at radius 2 is 2.16 bits per heavy atom. The van der Waals surface area contributed by atoms with E-state index < -0.39 is 5.38 Å². The third-order valence-corrected chi connectivity index (χ3v) is 3.54. The van der Waals surface area contributed by atoms with Gasteiger partial charge in [-0.15, -0.1) is 11.6 Å². The van der Waals surface area contributed by atoms with Crippen LogP contribution in [0.1, 0.15) is 28.7 Å². The number of rotatable bonds is 5. The number of alkyl halides is 1. The van der Waals surface area contributed by atoms with Crippen molar-refractivity contribution in [2.45, 2.75) is 39.2 Å². The lowest BCUT2D eigenvalue weighted by atomic mass is 10.1. The monoisotopic (exact) mass is 279 g/mol. The summed E-state index contributed by atoms with van der Waals surface area (Å²) in [7, 11) is 0. The highest BCUT2D eigenvalue weighted by molar-refractivity contribution is 6.33. The summed E-state index contributed by atoms with van der Waals surface area (Å²) in [6, 6.07) is 1.92. The molecular formula is C14H18ClN3O. The molecule has 19 heavy (non-hydrogen) atoms. The van der Waals surface area contributed by atoms with Gasteiger partial charge in [-0.1, -0.05) is 0 Å². The Kier molecular flexibility index (Phi) is 4.10. The first-order valence-corrected chi connectivity index (χ1v) is 6.75. The maximum Gasteiger partial charge on any atom is 0.182 e. The van der Waals surface area contributed by atoms with Gasteiger partial charge in [0.15, 0.2) is 5.78 Å². The Morgan fingerprint density at radius 3 is 2.74 bits per heavy atom.